The third-order valence-electron chi connectivity index (χ3n) is 15.1. The summed E-state index contributed by atoms with van der Waals surface area (Å²) in [5.74, 6) is 0.357. The summed E-state index contributed by atoms with van der Waals surface area (Å²) in [5, 5.41) is 10.1. The van der Waals surface area contributed by atoms with E-state index >= 15 is 0 Å². The summed E-state index contributed by atoms with van der Waals surface area (Å²) >= 11 is 0. The number of aryl methyl sites for hydroxylation is 2. The fourth-order valence-electron chi connectivity index (χ4n) is 12.0. The zero-order valence-electron chi connectivity index (χ0n) is 36.1. The summed E-state index contributed by atoms with van der Waals surface area (Å²) in [6.45, 7) is 0. The summed E-state index contributed by atoms with van der Waals surface area (Å²) in [7, 11) is 0. The van der Waals surface area contributed by atoms with Gasteiger partial charge >= 0.3 is 0 Å². The molecule has 0 fully saturated rings. The number of anilines is 1. The Balaban J connectivity index is 0.904. The van der Waals surface area contributed by atoms with Gasteiger partial charge in [0, 0.05) is 73.2 Å². The van der Waals surface area contributed by atoms with Gasteiger partial charge in [-0.3, -0.25) is 9.97 Å². The van der Waals surface area contributed by atoms with Crippen molar-refractivity contribution in [1.29, 1.82) is 0 Å². The molecule has 0 saturated carbocycles. The van der Waals surface area contributed by atoms with Crippen molar-refractivity contribution in [3.63, 3.8) is 0 Å². The van der Waals surface area contributed by atoms with Crippen LogP contribution in [0.15, 0.2) is 176 Å². The topological polar surface area (TPSA) is 63.5 Å². The minimum absolute atomic E-state index is 0.320. The highest BCUT2D eigenvalue weighted by Gasteiger charge is 2.31. The van der Waals surface area contributed by atoms with Gasteiger partial charge in [-0.05, 0) is 173 Å². The molecule has 6 heterocycles. The molecule has 2 atom stereocenters. The van der Waals surface area contributed by atoms with E-state index in [2.05, 4.69) is 181 Å². The molecule has 1 aliphatic heterocycles. The van der Waals surface area contributed by atoms with Gasteiger partial charge in [-0.15, -0.1) is 0 Å². The van der Waals surface area contributed by atoms with Gasteiger partial charge in [-0.1, -0.05) is 60.7 Å². The van der Waals surface area contributed by atoms with Crippen LogP contribution in [0, 0.1) is 0 Å². The molecule has 6 aromatic carbocycles. The highest BCUT2D eigenvalue weighted by Crippen LogP contribution is 2.47. The summed E-state index contributed by atoms with van der Waals surface area (Å²) in [5.41, 5.74) is 24.0. The number of hydrogen-bond donors (Lipinski definition) is 2. The van der Waals surface area contributed by atoms with Crippen LogP contribution in [0.4, 0.5) is 5.69 Å². The molecule has 0 spiro atoms. The number of pyridine rings is 2. The number of aromatic amines is 1. The summed E-state index contributed by atoms with van der Waals surface area (Å²) in [6.07, 6.45) is 23.1. The quantitative estimate of drug-likeness (QED) is 0.185. The lowest BCUT2D eigenvalue weighted by Crippen LogP contribution is -2.17. The minimum Gasteiger partial charge on any atom is -0.378 e. The number of fused-ring (bicyclic) bond motifs is 15. The largest absolute Gasteiger partial charge is 0.378 e. The van der Waals surface area contributed by atoms with Crippen molar-refractivity contribution < 1.29 is 0 Å². The first-order valence-electron chi connectivity index (χ1n) is 23.3. The van der Waals surface area contributed by atoms with Crippen LogP contribution in [-0.4, -0.2) is 30.1 Å². The van der Waals surface area contributed by atoms with Crippen LogP contribution in [0.5, 0.6) is 0 Å². The van der Waals surface area contributed by atoms with Crippen molar-refractivity contribution in [3.8, 4) is 33.6 Å². The Labute approximate surface area is 380 Å². The zero-order chi connectivity index (χ0) is 43.0. The minimum atomic E-state index is 0.320. The maximum Gasteiger partial charge on any atom is 0.0645 e. The molecule has 4 aliphatic rings. The van der Waals surface area contributed by atoms with Crippen molar-refractivity contribution in [2.24, 2.45) is 0 Å². The molecule has 2 unspecified atom stereocenters. The fraction of sp³-hybridized carbons (Fsp3) is 0.100. The molecule has 0 radical (unpaired) electrons. The third-order valence-corrected chi connectivity index (χ3v) is 15.1. The second-order valence-corrected chi connectivity index (χ2v) is 18.6. The Morgan fingerprint density at radius 2 is 1.21 bits per heavy atom. The van der Waals surface area contributed by atoms with Crippen LogP contribution in [0.25, 0.3) is 99.8 Å². The second kappa shape index (κ2) is 13.6. The standard InChI is InChI=1S/C60H42N6/c1-3-11-53-43(9-1)47-25-35(15-19-55(47)63-53)37-17-21-57-49(27-37)51-29-39-13-14-40-30-52-50-28-38(36-16-20-56-48(26-36)44-10-2-4-12-54(44)64-56)18-22-58(50)66(42-8-6-24-62-34-42)60(52)32-46(40)45(39)31-59(51)65(57)41-7-5-23-61-33-41/h1-12,15-17,19-21,23-34,43,53,63-64H,13-14,18,22H2. The molecule has 0 bridgehead atoms. The number of hydrogen-bond acceptors (Lipinski definition) is 3. The molecule has 0 saturated heterocycles. The van der Waals surface area contributed by atoms with E-state index in [0.717, 1.165) is 37.1 Å². The van der Waals surface area contributed by atoms with E-state index in [1.807, 2.05) is 30.9 Å². The van der Waals surface area contributed by atoms with E-state index in [1.165, 1.54) is 122 Å². The Hall–Kier alpha value is -8.22. The molecule has 0 amide bonds. The lowest BCUT2D eigenvalue weighted by atomic mass is 9.83. The SMILES string of the molecule is C1=CC2Nc3ccc(-c4ccc5c(c4)c4cc6c(cc4n5-c4cccnc4)-c4cc5c(cc4CC6)c4c(n5-c5cccnc5)CCC(c5ccc6[nH]c7ccccc7c6c5)=C4)cc3C2C=C1. The number of allylic oxidation sites excluding steroid dienone is 3. The van der Waals surface area contributed by atoms with Gasteiger partial charge in [-0.2, -0.15) is 0 Å². The summed E-state index contributed by atoms with van der Waals surface area (Å²) < 4.78 is 4.91. The Morgan fingerprint density at radius 3 is 2.05 bits per heavy atom. The maximum absolute atomic E-state index is 4.63. The van der Waals surface area contributed by atoms with Gasteiger partial charge in [0.05, 0.1) is 46.4 Å². The summed E-state index contributed by atoms with van der Waals surface area (Å²) in [6, 6.07) is 48.3. The lowest BCUT2D eigenvalue weighted by Gasteiger charge is -2.21. The predicted octanol–water partition coefficient (Wildman–Crippen LogP) is 14.1. The van der Waals surface area contributed by atoms with Crippen molar-refractivity contribution in [3.05, 3.63) is 210 Å². The van der Waals surface area contributed by atoms with Crippen LogP contribution in [-0.2, 0) is 19.3 Å². The fourth-order valence-corrected chi connectivity index (χ4v) is 12.0. The summed E-state index contributed by atoms with van der Waals surface area (Å²) in [4.78, 5) is 12.9. The van der Waals surface area contributed by atoms with E-state index in [9.17, 15) is 0 Å². The first-order chi connectivity index (χ1) is 32.7. The van der Waals surface area contributed by atoms with Gasteiger partial charge in [-0.25, -0.2) is 0 Å². The van der Waals surface area contributed by atoms with Crippen molar-refractivity contribution in [2.75, 3.05) is 5.32 Å². The van der Waals surface area contributed by atoms with Crippen molar-refractivity contribution in [1.82, 2.24) is 24.1 Å². The lowest BCUT2D eigenvalue weighted by molar-refractivity contribution is 0.805. The van der Waals surface area contributed by atoms with E-state index in [1.54, 1.807) is 0 Å². The van der Waals surface area contributed by atoms with Crippen LogP contribution in [0.3, 0.4) is 0 Å². The van der Waals surface area contributed by atoms with E-state index in [0.29, 0.717) is 12.0 Å². The number of rotatable bonds is 4. The number of aromatic nitrogens is 5. The normalized spacial score (nSPS) is 16.9. The zero-order valence-corrected chi connectivity index (χ0v) is 36.1. The van der Waals surface area contributed by atoms with E-state index < -0.39 is 0 Å². The molecular formula is C60H42N6. The van der Waals surface area contributed by atoms with Crippen molar-refractivity contribution in [2.45, 2.75) is 37.6 Å². The van der Waals surface area contributed by atoms with Gasteiger partial charge in [0.25, 0.3) is 0 Å². The number of para-hydroxylation sites is 1. The number of nitrogens with zero attached hydrogens (tertiary/aromatic N) is 4. The number of nitrogens with one attached hydrogen (secondary N) is 2. The molecule has 6 nitrogen and oxygen atoms in total. The predicted molar refractivity (Wildman–Crippen MR) is 272 cm³/mol. The highest BCUT2D eigenvalue weighted by atomic mass is 15.0. The molecular weight excluding hydrogens is 805 g/mol. The van der Waals surface area contributed by atoms with Crippen LogP contribution in [0.1, 0.15) is 45.8 Å². The van der Waals surface area contributed by atoms with Crippen LogP contribution in [0.2, 0.25) is 0 Å². The molecule has 5 aromatic heterocycles. The Kier molecular flexibility index (Phi) is 7.48. The first kappa shape index (κ1) is 36.2. The van der Waals surface area contributed by atoms with E-state index in [4.69, 9.17) is 0 Å². The highest BCUT2D eigenvalue weighted by molar-refractivity contribution is 6.13. The average molecular weight is 847 g/mol. The molecule has 2 N–H and O–H groups in total. The third kappa shape index (κ3) is 5.24. The molecule has 11 aromatic rings. The van der Waals surface area contributed by atoms with E-state index in [-0.39, 0.29) is 0 Å². The molecule has 3 aliphatic carbocycles. The van der Waals surface area contributed by atoms with Crippen LogP contribution >= 0.6 is 0 Å². The molecule has 312 valence electrons. The molecule has 6 heteroatoms. The van der Waals surface area contributed by atoms with Crippen molar-refractivity contribution >= 4 is 71.9 Å². The Bertz CT molecular complexity index is 3970. The number of benzene rings is 6. The second-order valence-electron chi connectivity index (χ2n) is 18.6. The van der Waals surface area contributed by atoms with Gasteiger partial charge in [0.2, 0.25) is 0 Å². The average Bonchev–Trinajstić information content (AvgIpc) is 4.12. The molecule has 66 heavy (non-hydrogen) atoms. The van der Waals surface area contributed by atoms with Gasteiger partial charge in [0.15, 0.2) is 0 Å². The van der Waals surface area contributed by atoms with Gasteiger partial charge < -0.3 is 19.4 Å². The van der Waals surface area contributed by atoms with Crippen LogP contribution < -0.4 is 5.32 Å². The smallest absolute Gasteiger partial charge is 0.0645 e. The monoisotopic (exact) mass is 846 g/mol. The van der Waals surface area contributed by atoms with Gasteiger partial charge in [0.1, 0.15) is 0 Å². The first-order valence-corrected chi connectivity index (χ1v) is 23.3. The molecule has 15 rings (SSSR count). The Morgan fingerprint density at radius 1 is 0.515 bits per heavy atom. The number of H-pyrrole nitrogens is 1. The maximum atomic E-state index is 4.63.